The van der Waals surface area contributed by atoms with Gasteiger partial charge in [-0.2, -0.15) is 0 Å². The van der Waals surface area contributed by atoms with Gasteiger partial charge in [0.1, 0.15) is 0 Å². The number of anilines is 3. The van der Waals surface area contributed by atoms with Crippen molar-refractivity contribution in [3.05, 3.63) is 127 Å². The van der Waals surface area contributed by atoms with Crippen LogP contribution in [0.3, 0.4) is 0 Å². The SMILES string of the molecule is c1ccc(N(c2ccccc2)c2cccc(-c3ccc4sc5ccccc5c4c3)c2)cc1. The lowest BCUT2D eigenvalue weighted by Crippen LogP contribution is -2.09. The maximum atomic E-state index is 2.34. The van der Waals surface area contributed by atoms with Crippen molar-refractivity contribution in [2.45, 2.75) is 0 Å². The van der Waals surface area contributed by atoms with Gasteiger partial charge < -0.3 is 4.90 Å². The van der Waals surface area contributed by atoms with E-state index in [-0.39, 0.29) is 0 Å². The Morgan fingerprint density at radius 2 is 1.00 bits per heavy atom. The Balaban J connectivity index is 1.49. The molecule has 0 amide bonds. The van der Waals surface area contributed by atoms with Gasteiger partial charge in [-0.15, -0.1) is 11.3 Å². The van der Waals surface area contributed by atoms with Gasteiger partial charge in [-0.25, -0.2) is 0 Å². The van der Waals surface area contributed by atoms with E-state index in [2.05, 4.69) is 132 Å². The lowest BCUT2D eigenvalue weighted by molar-refractivity contribution is 1.28. The maximum Gasteiger partial charge on any atom is 0.0467 e. The van der Waals surface area contributed by atoms with Crippen LogP contribution >= 0.6 is 11.3 Å². The molecule has 0 radical (unpaired) electrons. The first-order valence-corrected chi connectivity index (χ1v) is 11.6. The Kier molecular flexibility index (Phi) is 4.71. The summed E-state index contributed by atoms with van der Waals surface area (Å²) in [5, 5.41) is 2.66. The second-order valence-corrected chi connectivity index (χ2v) is 8.95. The summed E-state index contributed by atoms with van der Waals surface area (Å²) in [5.74, 6) is 0. The highest BCUT2D eigenvalue weighted by Crippen LogP contribution is 2.39. The Morgan fingerprint density at radius 1 is 0.406 bits per heavy atom. The first-order chi connectivity index (χ1) is 15.9. The Labute approximate surface area is 191 Å². The average Bonchev–Trinajstić information content (AvgIpc) is 3.24. The quantitative estimate of drug-likeness (QED) is 0.271. The monoisotopic (exact) mass is 427 g/mol. The van der Waals surface area contributed by atoms with Gasteiger partial charge in [0.15, 0.2) is 0 Å². The van der Waals surface area contributed by atoms with Gasteiger partial charge in [0.05, 0.1) is 0 Å². The van der Waals surface area contributed by atoms with Gasteiger partial charge in [0.2, 0.25) is 0 Å². The zero-order valence-corrected chi connectivity index (χ0v) is 18.3. The van der Waals surface area contributed by atoms with Crippen molar-refractivity contribution >= 4 is 48.6 Å². The van der Waals surface area contributed by atoms with Crippen LogP contribution in [-0.4, -0.2) is 0 Å². The molecule has 0 N–H and O–H groups in total. The highest BCUT2D eigenvalue weighted by molar-refractivity contribution is 7.25. The van der Waals surface area contributed by atoms with Gasteiger partial charge in [0.25, 0.3) is 0 Å². The van der Waals surface area contributed by atoms with Gasteiger partial charge in [-0.3, -0.25) is 0 Å². The Hall–Kier alpha value is -3.88. The third kappa shape index (κ3) is 3.35. The summed E-state index contributed by atoms with van der Waals surface area (Å²) in [7, 11) is 0. The molecule has 0 aliphatic heterocycles. The highest BCUT2D eigenvalue weighted by Gasteiger charge is 2.13. The van der Waals surface area contributed by atoms with E-state index in [1.165, 1.54) is 31.3 Å². The van der Waals surface area contributed by atoms with Crippen molar-refractivity contribution in [3.63, 3.8) is 0 Å². The summed E-state index contributed by atoms with van der Waals surface area (Å²) in [6.45, 7) is 0. The van der Waals surface area contributed by atoms with Crippen LogP contribution < -0.4 is 4.90 Å². The molecule has 6 rings (SSSR count). The minimum atomic E-state index is 1.15. The Bertz CT molecular complexity index is 1480. The minimum absolute atomic E-state index is 1.15. The van der Waals surface area contributed by atoms with Crippen LogP contribution in [0.1, 0.15) is 0 Å². The number of rotatable bonds is 4. The number of benzene rings is 5. The summed E-state index contributed by atoms with van der Waals surface area (Å²) in [6.07, 6.45) is 0. The van der Waals surface area contributed by atoms with Crippen LogP contribution in [0.15, 0.2) is 127 Å². The molecule has 1 aromatic heterocycles. The molecule has 0 spiro atoms. The Morgan fingerprint density at radius 3 is 1.75 bits per heavy atom. The van der Waals surface area contributed by atoms with Crippen molar-refractivity contribution in [1.29, 1.82) is 0 Å². The summed E-state index contributed by atoms with van der Waals surface area (Å²) < 4.78 is 2.68. The normalized spacial score (nSPS) is 11.1. The number of para-hydroxylation sites is 2. The second kappa shape index (κ2) is 7.99. The molecule has 1 heterocycles. The second-order valence-electron chi connectivity index (χ2n) is 7.87. The van der Waals surface area contributed by atoms with E-state index in [0.29, 0.717) is 0 Å². The first-order valence-electron chi connectivity index (χ1n) is 10.8. The molecular weight excluding hydrogens is 406 g/mol. The molecule has 32 heavy (non-hydrogen) atoms. The fraction of sp³-hybridized carbons (Fsp3) is 0. The molecule has 0 fully saturated rings. The van der Waals surface area contributed by atoms with Crippen LogP contribution in [0.25, 0.3) is 31.3 Å². The van der Waals surface area contributed by atoms with E-state index in [1.807, 2.05) is 11.3 Å². The molecule has 0 aliphatic carbocycles. The van der Waals surface area contributed by atoms with Crippen LogP contribution in [0.4, 0.5) is 17.1 Å². The lowest BCUT2D eigenvalue weighted by atomic mass is 10.0. The van der Waals surface area contributed by atoms with E-state index < -0.39 is 0 Å². The van der Waals surface area contributed by atoms with Crippen molar-refractivity contribution in [2.75, 3.05) is 4.90 Å². The van der Waals surface area contributed by atoms with E-state index in [0.717, 1.165) is 17.1 Å². The van der Waals surface area contributed by atoms with Crippen LogP contribution in [-0.2, 0) is 0 Å². The van der Waals surface area contributed by atoms with Gasteiger partial charge in [0, 0.05) is 37.2 Å². The first kappa shape index (κ1) is 18.9. The molecule has 0 aliphatic rings. The van der Waals surface area contributed by atoms with Crippen LogP contribution in [0.5, 0.6) is 0 Å². The minimum Gasteiger partial charge on any atom is -0.310 e. The molecule has 0 atom stereocenters. The van der Waals surface area contributed by atoms with E-state index in [9.17, 15) is 0 Å². The van der Waals surface area contributed by atoms with E-state index in [1.54, 1.807) is 0 Å². The predicted molar refractivity (Wildman–Crippen MR) is 139 cm³/mol. The molecule has 6 aromatic rings. The maximum absolute atomic E-state index is 2.34. The molecule has 5 aromatic carbocycles. The zero-order chi connectivity index (χ0) is 21.3. The predicted octanol–water partition coefficient (Wildman–Crippen LogP) is 9.19. The largest absolute Gasteiger partial charge is 0.310 e. The average molecular weight is 428 g/mol. The van der Waals surface area contributed by atoms with Crippen LogP contribution in [0.2, 0.25) is 0 Å². The summed E-state index contributed by atoms with van der Waals surface area (Å²) in [6, 6.07) is 45.4. The molecule has 152 valence electrons. The smallest absolute Gasteiger partial charge is 0.0467 e. The summed E-state index contributed by atoms with van der Waals surface area (Å²) >= 11 is 1.86. The molecular formula is C30H21NS. The van der Waals surface area contributed by atoms with Gasteiger partial charge in [-0.1, -0.05) is 72.8 Å². The summed E-state index contributed by atoms with van der Waals surface area (Å²) in [4.78, 5) is 2.31. The standard InChI is InChI=1S/C30H21NS/c1-3-11-24(12-4-1)31(25-13-5-2-6-14-25)26-15-9-10-22(20-26)23-18-19-30-28(21-23)27-16-7-8-17-29(27)32-30/h1-21H. The van der Waals surface area contributed by atoms with Gasteiger partial charge in [-0.05, 0) is 65.7 Å². The number of nitrogens with zero attached hydrogens (tertiary/aromatic N) is 1. The molecule has 0 bridgehead atoms. The van der Waals surface area contributed by atoms with Crippen LogP contribution in [0, 0.1) is 0 Å². The number of thiophene rings is 1. The molecule has 1 nitrogen and oxygen atoms in total. The molecule has 0 saturated carbocycles. The van der Waals surface area contributed by atoms with Crippen molar-refractivity contribution in [3.8, 4) is 11.1 Å². The fourth-order valence-corrected chi connectivity index (χ4v) is 5.42. The van der Waals surface area contributed by atoms with Crippen molar-refractivity contribution in [1.82, 2.24) is 0 Å². The highest BCUT2D eigenvalue weighted by atomic mass is 32.1. The van der Waals surface area contributed by atoms with Gasteiger partial charge >= 0.3 is 0 Å². The molecule has 0 saturated heterocycles. The van der Waals surface area contributed by atoms with E-state index >= 15 is 0 Å². The molecule has 2 heteroatoms. The lowest BCUT2D eigenvalue weighted by Gasteiger charge is -2.25. The van der Waals surface area contributed by atoms with Crippen molar-refractivity contribution < 1.29 is 0 Å². The number of hydrogen-bond acceptors (Lipinski definition) is 2. The third-order valence-electron chi connectivity index (χ3n) is 5.84. The number of fused-ring (bicyclic) bond motifs is 3. The summed E-state index contributed by atoms with van der Waals surface area (Å²) in [5.41, 5.74) is 5.90. The molecule has 0 unspecified atom stereocenters. The third-order valence-corrected chi connectivity index (χ3v) is 7.00. The fourth-order valence-electron chi connectivity index (χ4n) is 4.33. The van der Waals surface area contributed by atoms with Crippen molar-refractivity contribution in [2.24, 2.45) is 0 Å². The van der Waals surface area contributed by atoms with E-state index in [4.69, 9.17) is 0 Å². The number of hydrogen-bond donors (Lipinski definition) is 0. The zero-order valence-electron chi connectivity index (χ0n) is 17.5. The topological polar surface area (TPSA) is 3.24 Å².